The summed E-state index contributed by atoms with van der Waals surface area (Å²) in [5, 5.41) is 3.60. The Bertz CT molecular complexity index is 1180. The van der Waals surface area contributed by atoms with E-state index in [1.54, 1.807) is 24.4 Å². The summed E-state index contributed by atoms with van der Waals surface area (Å²) >= 11 is 1.52. The highest BCUT2D eigenvalue weighted by atomic mass is 32.1. The average Bonchev–Trinajstić information content (AvgIpc) is 3.23. The summed E-state index contributed by atoms with van der Waals surface area (Å²) in [5.74, 6) is -0.289. The minimum atomic E-state index is -0.289. The van der Waals surface area contributed by atoms with E-state index in [0.717, 1.165) is 20.9 Å². The Labute approximate surface area is 158 Å². The number of aromatic nitrogens is 3. The average molecular weight is 376 g/mol. The van der Waals surface area contributed by atoms with E-state index in [1.165, 1.54) is 22.0 Å². The van der Waals surface area contributed by atoms with Crippen LogP contribution in [-0.2, 0) is 4.79 Å². The normalized spacial score (nSPS) is 11.3. The fraction of sp³-hybridized carbons (Fsp3) is 0.0500. The Morgan fingerprint density at radius 1 is 1.19 bits per heavy atom. The van der Waals surface area contributed by atoms with Crippen LogP contribution in [0.1, 0.15) is 10.7 Å². The molecule has 0 radical (unpaired) electrons. The molecule has 4 rings (SSSR count). The zero-order valence-electron chi connectivity index (χ0n) is 14.5. The molecule has 0 atom stereocenters. The Morgan fingerprint density at radius 3 is 2.74 bits per heavy atom. The first-order valence-corrected chi connectivity index (χ1v) is 9.14. The number of carbonyl (C=O) groups is 1. The second-order valence-electron chi connectivity index (χ2n) is 5.93. The van der Waals surface area contributed by atoms with Gasteiger partial charge in [0.2, 0.25) is 5.91 Å². The van der Waals surface area contributed by atoms with Gasteiger partial charge in [-0.2, -0.15) is 0 Å². The van der Waals surface area contributed by atoms with E-state index in [0.29, 0.717) is 11.4 Å². The van der Waals surface area contributed by atoms with E-state index in [-0.39, 0.29) is 11.6 Å². The maximum Gasteiger partial charge on any atom is 0.330 e. The van der Waals surface area contributed by atoms with Crippen LogP contribution in [0.5, 0.6) is 0 Å². The number of amides is 1. The van der Waals surface area contributed by atoms with Gasteiger partial charge in [0.15, 0.2) is 0 Å². The molecule has 27 heavy (non-hydrogen) atoms. The molecule has 134 valence electrons. The van der Waals surface area contributed by atoms with Crippen LogP contribution in [-0.4, -0.2) is 20.4 Å². The van der Waals surface area contributed by atoms with Gasteiger partial charge in [-0.25, -0.2) is 9.78 Å². The van der Waals surface area contributed by atoms with Crippen molar-refractivity contribution in [1.82, 2.24) is 14.5 Å². The molecular weight excluding hydrogens is 360 g/mol. The van der Waals surface area contributed by atoms with E-state index < -0.39 is 0 Å². The molecule has 6 nitrogen and oxygen atoms in total. The first kappa shape index (κ1) is 17.0. The summed E-state index contributed by atoms with van der Waals surface area (Å²) < 4.78 is 2.59. The summed E-state index contributed by atoms with van der Waals surface area (Å²) in [5.41, 5.74) is 2.59. The van der Waals surface area contributed by atoms with Crippen LogP contribution >= 0.6 is 11.3 Å². The van der Waals surface area contributed by atoms with E-state index in [2.05, 4.69) is 15.3 Å². The molecule has 2 N–H and O–H groups in total. The second kappa shape index (κ2) is 7.05. The molecule has 7 heteroatoms. The third-order valence-corrected chi connectivity index (χ3v) is 5.05. The number of hydrogen-bond acceptors (Lipinski definition) is 4. The first-order valence-electron chi connectivity index (χ1n) is 8.33. The Hall–Kier alpha value is -3.45. The van der Waals surface area contributed by atoms with Crippen LogP contribution in [0.2, 0.25) is 0 Å². The molecule has 0 fully saturated rings. The molecule has 0 aliphatic rings. The SMILES string of the molecule is Cc1c[nH]c(=O)n1-c1ccccc1NC(=O)/C=C/c1nc2ccccc2s1. The monoisotopic (exact) mass is 376 g/mol. The number of nitrogens with zero attached hydrogens (tertiary/aromatic N) is 2. The lowest BCUT2D eigenvalue weighted by Crippen LogP contribution is -2.18. The van der Waals surface area contributed by atoms with Crippen molar-refractivity contribution < 1.29 is 4.79 Å². The van der Waals surface area contributed by atoms with Gasteiger partial charge in [0.05, 0.1) is 21.6 Å². The lowest BCUT2D eigenvalue weighted by Gasteiger charge is -2.11. The first-order chi connectivity index (χ1) is 13.1. The number of aromatic amines is 1. The van der Waals surface area contributed by atoms with Gasteiger partial charge in [-0.1, -0.05) is 24.3 Å². The predicted octanol–water partition coefficient (Wildman–Crippen LogP) is 3.74. The number of anilines is 1. The Balaban J connectivity index is 1.57. The number of carbonyl (C=O) groups excluding carboxylic acids is 1. The molecule has 0 saturated carbocycles. The molecule has 0 unspecified atom stereocenters. The molecule has 2 aromatic carbocycles. The third kappa shape index (κ3) is 3.45. The van der Waals surface area contributed by atoms with Gasteiger partial charge in [-0.15, -0.1) is 11.3 Å². The van der Waals surface area contributed by atoms with Crippen molar-refractivity contribution in [2.24, 2.45) is 0 Å². The van der Waals surface area contributed by atoms with Crippen molar-refractivity contribution in [3.63, 3.8) is 0 Å². The quantitative estimate of drug-likeness (QED) is 0.533. The molecule has 0 saturated heterocycles. The summed E-state index contributed by atoms with van der Waals surface area (Å²) in [7, 11) is 0. The molecule has 0 bridgehead atoms. The number of fused-ring (bicyclic) bond motifs is 1. The van der Waals surface area contributed by atoms with Crippen molar-refractivity contribution >= 4 is 39.2 Å². The zero-order chi connectivity index (χ0) is 18.8. The Morgan fingerprint density at radius 2 is 1.96 bits per heavy atom. The van der Waals surface area contributed by atoms with Crippen molar-refractivity contribution in [2.75, 3.05) is 5.32 Å². The number of H-pyrrole nitrogens is 1. The predicted molar refractivity (Wildman–Crippen MR) is 108 cm³/mol. The zero-order valence-corrected chi connectivity index (χ0v) is 15.3. The largest absolute Gasteiger partial charge is 0.330 e. The summed E-state index contributed by atoms with van der Waals surface area (Å²) in [4.78, 5) is 31.5. The highest BCUT2D eigenvalue weighted by molar-refractivity contribution is 7.19. The van der Waals surface area contributed by atoms with Crippen molar-refractivity contribution in [1.29, 1.82) is 0 Å². The topological polar surface area (TPSA) is 79.8 Å². The van der Waals surface area contributed by atoms with Crippen LogP contribution in [0, 0.1) is 6.92 Å². The number of imidazole rings is 1. The van der Waals surface area contributed by atoms with Crippen LogP contribution in [0.4, 0.5) is 5.69 Å². The maximum atomic E-state index is 12.4. The van der Waals surface area contributed by atoms with Gasteiger partial charge in [0, 0.05) is 18.0 Å². The van der Waals surface area contributed by atoms with Gasteiger partial charge < -0.3 is 10.3 Å². The molecule has 1 amide bonds. The maximum absolute atomic E-state index is 12.4. The molecular formula is C20H16N4O2S. The van der Waals surface area contributed by atoms with Gasteiger partial charge in [0.1, 0.15) is 5.01 Å². The standard InChI is InChI=1S/C20H16N4O2S/c1-13-12-21-20(26)24(13)16-8-4-2-6-14(16)22-18(25)10-11-19-23-15-7-3-5-9-17(15)27-19/h2-12H,1H3,(H,21,26)(H,22,25)/b11-10+. The summed E-state index contributed by atoms with van der Waals surface area (Å²) in [6.07, 6.45) is 4.77. The number of para-hydroxylation sites is 3. The van der Waals surface area contributed by atoms with Crippen molar-refractivity contribution in [3.05, 3.63) is 82.0 Å². The van der Waals surface area contributed by atoms with Gasteiger partial charge in [-0.3, -0.25) is 9.36 Å². The molecule has 4 aromatic rings. The molecule has 2 aromatic heterocycles. The van der Waals surface area contributed by atoms with Crippen LogP contribution < -0.4 is 11.0 Å². The highest BCUT2D eigenvalue weighted by Gasteiger charge is 2.11. The lowest BCUT2D eigenvalue weighted by atomic mass is 10.2. The van der Waals surface area contributed by atoms with Crippen LogP contribution in [0.15, 0.2) is 65.6 Å². The molecule has 0 spiro atoms. The van der Waals surface area contributed by atoms with Crippen molar-refractivity contribution in [3.8, 4) is 5.69 Å². The van der Waals surface area contributed by atoms with Gasteiger partial charge in [-0.05, 0) is 37.3 Å². The van der Waals surface area contributed by atoms with E-state index in [1.807, 2.05) is 43.3 Å². The third-order valence-electron chi connectivity index (χ3n) is 4.05. The molecule has 0 aliphatic carbocycles. The molecule has 0 aliphatic heterocycles. The minimum absolute atomic E-state index is 0.251. The van der Waals surface area contributed by atoms with Gasteiger partial charge >= 0.3 is 5.69 Å². The number of hydrogen-bond donors (Lipinski definition) is 2. The number of rotatable bonds is 4. The van der Waals surface area contributed by atoms with Crippen LogP contribution in [0.3, 0.4) is 0 Å². The van der Waals surface area contributed by atoms with Crippen molar-refractivity contribution in [2.45, 2.75) is 6.92 Å². The number of nitrogens with one attached hydrogen (secondary N) is 2. The van der Waals surface area contributed by atoms with E-state index in [4.69, 9.17) is 0 Å². The smallest absolute Gasteiger partial charge is 0.321 e. The fourth-order valence-electron chi connectivity index (χ4n) is 2.81. The lowest BCUT2D eigenvalue weighted by molar-refractivity contribution is -0.111. The van der Waals surface area contributed by atoms with E-state index >= 15 is 0 Å². The number of aryl methyl sites for hydroxylation is 1. The summed E-state index contributed by atoms with van der Waals surface area (Å²) in [6, 6.07) is 15.0. The Kier molecular flexibility index (Phi) is 4.43. The second-order valence-corrected chi connectivity index (χ2v) is 6.99. The number of benzene rings is 2. The van der Waals surface area contributed by atoms with Gasteiger partial charge in [0.25, 0.3) is 0 Å². The minimum Gasteiger partial charge on any atom is -0.321 e. The van der Waals surface area contributed by atoms with Crippen LogP contribution in [0.25, 0.3) is 22.0 Å². The highest BCUT2D eigenvalue weighted by Crippen LogP contribution is 2.23. The van der Waals surface area contributed by atoms with E-state index in [9.17, 15) is 9.59 Å². The number of thiazole rings is 1. The molecule has 2 heterocycles. The summed E-state index contributed by atoms with van der Waals surface area (Å²) in [6.45, 7) is 1.82. The fourth-order valence-corrected chi connectivity index (χ4v) is 3.68.